The van der Waals surface area contributed by atoms with Crippen LogP contribution in [-0.2, 0) is 14.3 Å². The first-order chi connectivity index (χ1) is 6.66. The minimum absolute atomic E-state index is 0.0116. The van der Waals surface area contributed by atoms with Crippen molar-refractivity contribution < 1.29 is 14.3 Å². The maximum atomic E-state index is 11.4. The lowest BCUT2D eigenvalue weighted by Crippen LogP contribution is -2.34. The van der Waals surface area contributed by atoms with E-state index < -0.39 is 11.4 Å². The van der Waals surface area contributed by atoms with Gasteiger partial charge in [0.25, 0.3) is 0 Å². The van der Waals surface area contributed by atoms with Gasteiger partial charge in [-0.25, -0.2) is 4.79 Å². The standard InChI is InChI=1S/C10H15NO3/c1-4-10(7-11,8-13-5-2)9(12)14-6-3/h4H,1,5-6,8H2,2-3H3. The molecule has 0 N–H and O–H groups in total. The van der Waals surface area contributed by atoms with Crippen LogP contribution in [0.15, 0.2) is 12.7 Å². The Morgan fingerprint density at radius 3 is 2.57 bits per heavy atom. The molecule has 0 aromatic heterocycles. The van der Waals surface area contributed by atoms with Gasteiger partial charge in [-0.15, -0.1) is 6.58 Å². The molecule has 0 amide bonds. The summed E-state index contributed by atoms with van der Waals surface area (Å²) in [4.78, 5) is 11.4. The minimum atomic E-state index is -1.37. The fourth-order valence-electron chi connectivity index (χ4n) is 0.848. The molecule has 14 heavy (non-hydrogen) atoms. The highest BCUT2D eigenvalue weighted by atomic mass is 16.5. The van der Waals surface area contributed by atoms with Crippen LogP contribution in [0.1, 0.15) is 13.8 Å². The summed E-state index contributed by atoms with van der Waals surface area (Å²) in [6.07, 6.45) is 1.26. The summed E-state index contributed by atoms with van der Waals surface area (Å²) in [5, 5.41) is 8.90. The SMILES string of the molecule is C=CC(C#N)(COCC)C(=O)OCC. The Hall–Kier alpha value is -1.34. The summed E-state index contributed by atoms with van der Waals surface area (Å²) in [6, 6.07) is 1.87. The number of hydrogen-bond acceptors (Lipinski definition) is 4. The average Bonchev–Trinajstić information content (AvgIpc) is 2.21. The molecule has 0 heterocycles. The van der Waals surface area contributed by atoms with Crippen molar-refractivity contribution in [1.82, 2.24) is 0 Å². The second-order valence-corrected chi connectivity index (χ2v) is 2.64. The van der Waals surface area contributed by atoms with E-state index in [-0.39, 0.29) is 13.2 Å². The molecule has 0 aliphatic carbocycles. The molecule has 0 fully saturated rings. The van der Waals surface area contributed by atoms with Gasteiger partial charge in [0.15, 0.2) is 5.41 Å². The van der Waals surface area contributed by atoms with Crippen LogP contribution in [0.3, 0.4) is 0 Å². The topological polar surface area (TPSA) is 59.3 Å². The van der Waals surface area contributed by atoms with Crippen LogP contribution in [0.5, 0.6) is 0 Å². The van der Waals surface area contributed by atoms with E-state index >= 15 is 0 Å². The lowest BCUT2D eigenvalue weighted by molar-refractivity contribution is -0.152. The van der Waals surface area contributed by atoms with Crippen molar-refractivity contribution in [2.75, 3.05) is 19.8 Å². The van der Waals surface area contributed by atoms with Gasteiger partial charge in [0, 0.05) is 6.61 Å². The van der Waals surface area contributed by atoms with E-state index in [2.05, 4.69) is 6.58 Å². The van der Waals surface area contributed by atoms with Crippen molar-refractivity contribution in [1.29, 1.82) is 5.26 Å². The van der Waals surface area contributed by atoms with Gasteiger partial charge in [-0.3, -0.25) is 0 Å². The third kappa shape index (κ3) is 2.86. The maximum absolute atomic E-state index is 11.4. The summed E-state index contributed by atoms with van der Waals surface area (Å²) < 4.78 is 9.83. The number of nitrogens with zero attached hydrogens (tertiary/aromatic N) is 1. The molecule has 4 heteroatoms. The van der Waals surface area contributed by atoms with Crippen LogP contribution in [0.4, 0.5) is 0 Å². The minimum Gasteiger partial charge on any atom is -0.464 e. The van der Waals surface area contributed by atoms with E-state index in [4.69, 9.17) is 14.7 Å². The molecule has 0 saturated heterocycles. The highest BCUT2D eigenvalue weighted by Crippen LogP contribution is 2.20. The lowest BCUT2D eigenvalue weighted by Gasteiger charge is -2.19. The van der Waals surface area contributed by atoms with Crippen molar-refractivity contribution in [3.05, 3.63) is 12.7 Å². The molecule has 1 unspecified atom stereocenters. The Morgan fingerprint density at radius 1 is 1.57 bits per heavy atom. The summed E-state index contributed by atoms with van der Waals surface area (Å²) in [6.45, 7) is 7.60. The fourth-order valence-corrected chi connectivity index (χ4v) is 0.848. The second kappa shape index (κ2) is 6.17. The summed E-state index contributed by atoms with van der Waals surface area (Å²) in [5.41, 5.74) is -1.37. The zero-order chi connectivity index (χ0) is 11.0. The summed E-state index contributed by atoms with van der Waals surface area (Å²) in [5.74, 6) is -0.606. The van der Waals surface area contributed by atoms with Gasteiger partial charge in [0.2, 0.25) is 0 Å². The molecule has 0 bridgehead atoms. The molecular weight excluding hydrogens is 182 g/mol. The summed E-state index contributed by atoms with van der Waals surface area (Å²) >= 11 is 0. The molecule has 0 aliphatic heterocycles. The van der Waals surface area contributed by atoms with Gasteiger partial charge in [-0.2, -0.15) is 5.26 Å². The number of nitriles is 1. The van der Waals surface area contributed by atoms with Crippen LogP contribution < -0.4 is 0 Å². The maximum Gasteiger partial charge on any atom is 0.332 e. The first kappa shape index (κ1) is 12.7. The third-order valence-electron chi connectivity index (χ3n) is 1.72. The van der Waals surface area contributed by atoms with Crippen molar-refractivity contribution in [3.63, 3.8) is 0 Å². The largest absolute Gasteiger partial charge is 0.464 e. The number of carbonyl (C=O) groups excluding carboxylic acids is 1. The lowest BCUT2D eigenvalue weighted by atomic mass is 9.91. The fraction of sp³-hybridized carbons (Fsp3) is 0.600. The molecule has 0 rings (SSSR count). The Morgan fingerprint density at radius 2 is 2.21 bits per heavy atom. The van der Waals surface area contributed by atoms with E-state index in [0.717, 1.165) is 0 Å². The van der Waals surface area contributed by atoms with E-state index in [9.17, 15) is 4.79 Å². The van der Waals surface area contributed by atoms with E-state index in [0.29, 0.717) is 6.61 Å². The molecule has 0 spiro atoms. The van der Waals surface area contributed by atoms with Crippen LogP contribution in [0, 0.1) is 16.7 Å². The number of carbonyl (C=O) groups is 1. The number of esters is 1. The van der Waals surface area contributed by atoms with E-state index in [1.165, 1.54) is 6.08 Å². The van der Waals surface area contributed by atoms with Crippen LogP contribution in [0.25, 0.3) is 0 Å². The first-order valence-corrected chi connectivity index (χ1v) is 4.46. The van der Waals surface area contributed by atoms with Crippen molar-refractivity contribution >= 4 is 5.97 Å². The number of ether oxygens (including phenoxy) is 2. The predicted molar refractivity (Wildman–Crippen MR) is 51.4 cm³/mol. The van der Waals surface area contributed by atoms with E-state index in [1.54, 1.807) is 13.8 Å². The molecule has 78 valence electrons. The van der Waals surface area contributed by atoms with Crippen molar-refractivity contribution in [2.24, 2.45) is 5.41 Å². The number of rotatable bonds is 6. The normalized spacial score (nSPS) is 13.8. The van der Waals surface area contributed by atoms with Gasteiger partial charge in [0.1, 0.15) is 0 Å². The first-order valence-electron chi connectivity index (χ1n) is 4.46. The Labute approximate surface area is 84.1 Å². The molecular formula is C10H15NO3. The second-order valence-electron chi connectivity index (χ2n) is 2.64. The third-order valence-corrected chi connectivity index (χ3v) is 1.72. The van der Waals surface area contributed by atoms with Gasteiger partial charge < -0.3 is 9.47 Å². The summed E-state index contributed by atoms with van der Waals surface area (Å²) in [7, 11) is 0. The highest BCUT2D eigenvalue weighted by Gasteiger charge is 2.37. The van der Waals surface area contributed by atoms with Gasteiger partial charge >= 0.3 is 5.97 Å². The van der Waals surface area contributed by atoms with Crippen LogP contribution >= 0.6 is 0 Å². The molecule has 0 aromatic rings. The van der Waals surface area contributed by atoms with Gasteiger partial charge in [0.05, 0.1) is 19.3 Å². The predicted octanol–water partition coefficient (Wildman–Crippen LogP) is 1.28. The monoisotopic (exact) mass is 197 g/mol. The quantitative estimate of drug-likeness (QED) is 0.475. The van der Waals surface area contributed by atoms with Crippen molar-refractivity contribution in [2.45, 2.75) is 13.8 Å². The zero-order valence-corrected chi connectivity index (χ0v) is 8.58. The Kier molecular flexibility index (Phi) is 5.58. The highest BCUT2D eigenvalue weighted by molar-refractivity contribution is 5.82. The van der Waals surface area contributed by atoms with Crippen LogP contribution in [0.2, 0.25) is 0 Å². The Bertz CT molecular complexity index is 244. The molecule has 0 saturated carbocycles. The smallest absolute Gasteiger partial charge is 0.332 e. The Balaban J connectivity index is 4.61. The van der Waals surface area contributed by atoms with Gasteiger partial charge in [-0.1, -0.05) is 6.08 Å². The molecule has 1 atom stereocenters. The molecule has 0 radical (unpaired) electrons. The van der Waals surface area contributed by atoms with E-state index in [1.807, 2.05) is 6.07 Å². The molecule has 0 aliphatic rings. The molecule has 4 nitrogen and oxygen atoms in total. The van der Waals surface area contributed by atoms with Crippen LogP contribution in [-0.4, -0.2) is 25.8 Å². The number of hydrogen-bond donors (Lipinski definition) is 0. The average molecular weight is 197 g/mol. The zero-order valence-electron chi connectivity index (χ0n) is 8.58. The molecule has 0 aromatic carbocycles. The van der Waals surface area contributed by atoms with Gasteiger partial charge in [-0.05, 0) is 13.8 Å². The van der Waals surface area contributed by atoms with Crippen molar-refractivity contribution in [3.8, 4) is 6.07 Å².